The number of nitrogens with one attached hydrogen (secondary N) is 1. The Kier molecular flexibility index (Phi) is 4.67. The summed E-state index contributed by atoms with van der Waals surface area (Å²) in [6, 6.07) is 13.3. The zero-order valence-corrected chi connectivity index (χ0v) is 15.6. The second-order valence-corrected chi connectivity index (χ2v) is 6.45. The Hall–Kier alpha value is -3.45. The van der Waals surface area contributed by atoms with Crippen LogP contribution in [-0.4, -0.2) is 25.3 Å². The Morgan fingerprint density at radius 2 is 1.93 bits per heavy atom. The molecule has 8 heteroatoms. The highest BCUT2D eigenvalue weighted by Gasteiger charge is 2.13. The van der Waals surface area contributed by atoms with Gasteiger partial charge >= 0.3 is 0 Å². The van der Waals surface area contributed by atoms with Gasteiger partial charge in [-0.25, -0.2) is 18.7 Å². The standard InChI is InChI=1S/C20H15ClFN5O/c1-13-16(20(21)27(24-13)15-8-6-14(22)7-9-15)10-11-19(28)25-26-12-23-17-4-2-3-5-18(17)26/h2-12H,1H3,(H,25,28)/b11-10+. The van der Waals surface area contributed by atoms with E-state index in [1.54, 1.807) is 36.1 Å². The molecule has 0 fully saturated rings. The van der Waals surface area contributed by atoms with E-state index in [1.165, 1.54) is 22.9 Å². The first-order chi connectivity index (χ1) is 13.5. The Morgan fingerprint density at radius 3 is 2.71 bits per heavy atom. The Bertz CT molecular complexity index is 1190. The number of hydrogen-bond donors (Lipinski definition) is 1. The van der Waals surface area contributed by atoms with Crippen molar-refractivity contribution in [1.29, 1.82) is 0 Å². The molecule has 6 nitrogen and oxygen atoms in total. The van der Waals surface area contributed by atoms with E-state index in [0.717, 1.165) is 11.0 Å². The first-order valence-electron chi connectivity index (χ1n) is 8.45. The molecule has 0 aliphatic heterocycles. The molecule has 0 radical (unpaired) electrons. The molecule has 0 aliphatic carbocycles. The number of amides is 1. The summed E-state index contributed by atoms with van der Waals surface area (Å²) in [5.41, 5.74) is 6.19. The molecule has 2 aromatic carbocycles. The van der Waals surface area contributed by atoms with Crippen molar-refractivity contribution in [3.05, 3.63) is 83.2 Å². The number of rotatable bonds is 4. The maximum absolute atomic E-state index is 13.1. The minimum absolute atomic E-state index is 0.334. The molecule has 0 bridgehead atoms. The summed E-state index contributed by atoms with van der Waals surface area (Å²) in [6.45, 7) is 1.78. The van der Waals surface area contributed by atoms with E-state index in [4.69, 9.17) is 11.6 Å². The zero-order valence-electron chi connectivity index (χ0n) is 14.8. The number of benzene rings is 2. The van der Waals surface area contributed by atoms with Gasteiger partial charge in [-0.2, -0.15) is 5.10 Å². The first kappa shape index (κ1) is 17.9. The lowest BCUT2D eigenvalue weighted by molar-refractivity contribution is -0.112. The lowest BCUT2D eigenvalue weighted by Crippen LogP contribution is -2.19. The molecule has 4 rings (SSSR count). The molecule has 28 heavy (non-hydrogen) atoms. The fourth-order valence-electron chi connectivity index (χ4n) is 2.82. The van der Waals surface area contributed by atoms with Crippen LogP contribution in [0, 0.1) is 12.7 Å². The van der Waals surface area contributed by atoms with E-state index in [-0.39, 0.29) is 11.7 Å². The van der Waals surface area contributed by atoms with Crippen LogP contribution in [0.3, 0.4) is 0 Å². The second-order valence-electron chi connectivity index (χ2n) is 6.09. The van der Waals surface area contributed by atoms with Gasteiger partial charge in [-0.15, -0.1) is 0 Å². The van der Waals surface area contributed by atoms with Gasteiger partial charge in [0, 0.05) is 11.6 Å². The predicted molar refractivity (Wildman–Crippen MR) is 106 cm³/mol. The van der Waals surface area contributed by atoms with Crippen molar-refractivity contribution in [3.8, 4) is 5.69 Å². The molecule has 0 atom stereocenters. The lowest BCUT2D eigenvalue weighted by Gasteiger charge is -2.04. The van der Waals surface area contributed by atoms with E-state index >= 15 is 0 Å². The normalized spacial score (nSPS) is 11.4. The molecule has 4 aromatic rings. The molecule has 1 N–H and O–H groups in total. The van der Waals surface area contributed by atoms with Crippen molar-refractivity contribution in [1.82, 2.24) is 19.4 Å². The third-order valence-corrected chi connectivity index (χ3v) is 4.57. The molecule has 1 amide bonds. The van der Waals surface area contributed by atoms with Gasteiger partial charge in [0.2, 0.25) is 0 Å². The number of nitrogens with zero attached hydrogens (tertiary/aromatic N) is 4. The van der Waals surface area contributed by atoms with Gasteiger partial charge in [0.05, 0.1) is 22.4 Å². The molecule has 0 unspecified atom stereocenters. The van der Waals surface area contributed by atoms with Crippen molar-refractivity contribution in [3.63, 3.8) is 0 Å². The molecular formula is C20H15ClFN5O. The van der Waals surface area contributed by atoms with Crippen LogP contribution in [0.5, 0.6) is 0 Å². The average molecular weight is 396 g/mol. The number of imidazole rings is 1. The number of halogens is 2. The highest BCUT2D eigenvalue weighted by Crippen LogP contribution is 2.24. The van der Waals surface area contributed by atoms with Crippen molar-refractivity contribution >= 4 is 34.6 Å². The molecule has 0 spiro atoms. The van der Waals surface area contributed by atoms with Crippen molar-refractivity contribution in [2.24, 2.45) is 0 Å². The number of fused-ring (bicyclic) bond motifs is 1. The fourth-order valence-corrected chi connectivity index (χ4v) is 3.15. The van der Waals surface area contributed by atoms with Crippen molar-refractivity contribution in [2.45, 2.75) is 6.92 Å². The monoisotopic (exact) mass is 395 g/mol. The molecular weight excluding hydrogens is 381 g/mol. The Balaban J connectivity index is 1.56. The number of carbonyl (C=O) groups excluding carboxylic acids is 1. The second kappa shape index (κ2) is 7.28. The summed E-state index contributed by atoms with van der Waals surface area (Å²) in [5.74, 6) is -0.680. The first-order valence-corrected chi connectivity index (χ1v) is 8.83. The van der Waals surface area contributed by atoms with Gasteiger partial charge in [-0.1, -0.05) is 23.7 Å². The summed E-state index contributed by atoms with van der Waals surface area (Å²) in [6.07, 6.45) is 4.51. The Morgan fingerprint density at radius 1 is 1.18 bits per heavy atom. The minimum Gasteiger partial charge on any atom is -0.268 e. The van der Waals surface area contributed by atoms with Gasteiger partial charge in [-0.05, 0) is 49.4 Å². The summed E-state index contributed by atoms with van der Waals surface area (Å²) < 4.78 is 16.2. The van der Waals surface area contributed by atoms with Crippen LogP contribution in [0.1, 0.15) is 11.3 Å². The number of carbonyl (C=O) groups is 1. The SMILES string of the molecule is Cc1nn(-c2ccc(F)cc2)c(Cl)c1/C=C/C(=O)Nn1cnc2ccccc21. The highest BCUT2D eigenvalue weighted by molar-refractivity contribution is 6.31. The van der Waals surface area contributed by atoms with Gasteiger partial charge in [0.1, 0.15) is 17.3 Å². The average Bonchev–Trinajstić information content (AvgIpc) is 3.22. The van der Waals surface area contributed by atoms with Crippen LogP contribution >= 0.6 is 11.6 Å². The third-order valence-electron chi connectivity index (χ3n) is 4.20. The maximum atomic E-state index is 13.1. The quantitative estimate of drug-likeness (QED) is 0.529. The van der Waals surface area contributed by atoms with Crippen LogP contribution in [0.4, 0.5) is 4.39 Å². The van der Waals surface area contributed by atoms with E-state index in [9.17, 15) is 9.18 Å². The van der Waals surface area contributed by atoms with Crippen LogP contribution < -0.4 is 5.43 Å². The van der Waals surface area contributed by atoms with Crippen LogP contribution in [0.2, 0.25) is 5.15 Å². The van der Waals surface area contributed by atoms with E-state index in [2.05, 4.69) is 15.5 Å². The number of hydrogen-bond acceptors (Lipinski definition) is 3. The minimum atomic E-state index is -0.340. The van der Waals surface area contributed by atoms with Crippen molar-refractivity contribution < 1.29 is 9.18 Å². The Labute approximate surface area is 164 Å². The predicted octanol–water partition coefficient (Wildman–Crippen LogP) is 4.11. The van der Waals surface area contributed by atoms with E-state index in [1.807, 2.05) is 24.3 Å². The van der Waals surface area contributed by atoms with Crippen LogP contribution in [0.25, 0.3) is 22.8 Å². The molecule has 2 heterocycles. The topological polar surface area (TPSA) is 64.7 Å². The van der Waals surface area contributed by atoms with Crippen LogP contribution in [-0.2, 0) is 4.79 Å². The van der Waals surface area contributed by atoms with E-state index < -0.39 is 0 Å². The van der Waals surface area contributed by atoms with E-state index in [0.29, 0.717) is 22.1 Å². The fraction of sp³-hybridized carbons (Fsp3) is 0.0500. The molecule has 2 aromatic heterocycles. The van der Waals surface area contributed by atoms with Gasteiger partial charge in [0.25, 0.3) is 5.91 Å². The number of aryl methyl sites for hydroxylation is 1. The molecule has 0 aliphatic rings. The molecule has 140 valence electrons. The third kappa shape index (κ3) is 3.39. The summed E-state index contributed by atoms with van der Waals surface area (Å²) in [4.78, 5) is 16.5. The molecule has 0 saturated heterocycles. The largest absolute Gasteiger partial charge is 0.268 e. The summed E-state index contributed by atoms with van der Waals surface area (Å²) >= 11 is 6.42. The van der Waals surface area contributed by atoms with Gasteiger partial charge < -0.3 is 0 Å². The number of para-hydroxylation sites is 2. The summed E-state index contributed by atoms with van der Waals surface area (Å²) in [7, 11) is 0. The van der Waals surface area contributed by atoms with Crippen molar-refractivity contribution in [2.75, 3.05) is 5.43 Å². The smallest absolute Gasteiger partial charge is 0.262 e. The maximum Gasteiger partial charge on any atom is 0.262 e. The van der Waals surface area contributed by atoms with Gasteiger partial charge in [0.15, 0.2) is 0 Å². The van der Waals surface area contributed by atoms with Crippen LogP contribution in [0.15, 0.2) is 60.9 Å². The van der Waals surface area contributed by atoms with Gasteiger partial charge in [-0.3, -0.25) is 10.2 Å². The molecule has 0 saturated carbocycles. The highest BCUT2D eigenvalue weighted by atomic mass is 35.5. The number of aromatic nitrogens is 4. The lowest BCUT2D eigenvalue weighted by atomic mass is 10.2. The zero-order chi connectivity index (χ0) is 19.7. The summed E-state index contributed by atoms with van der Waals surface area (Å²) in [5, 5.41) is 4.70.